The van der Waals surface area contributed by atoms with Crippen molar-refractivity contribution < 1.29 is 4.79 Å². The predicted molar refractivity (Wildman–Crippen MR) is 119 cm³/mol. The van der Waals surface area contributed by atoms with Gasteiger partial charge in [0.15, 0.2) is 5.69 Å². The van der Waals surface area contributed by atoms with Crippen LogP contribution in [-0.2, 0) is 13.0 Å². The number of aryl methyl sites for hydroxylation is 2. The van der Waals surface area contributed by atoms with E-state index in [9.17, 15) is 4.79 Å². The summed E-state index contributed by atoms with van der Waals surface area (Å²) >= 11 is 0. The molecule has 1 aliphatic heterocycles. The SMILES string of the molecule is Cc1ccn2c(CNCCCc3cccnc3)c(C(=O)N3CCCCCC3)nc2c1. The molecule has 0 radical (unpaired) electrons. The molecule has 6 heteroatoms. The smallest absolute Gasteiger partial charge is 0.274 e. The van der Waals surface area contributed by atoms with Gasteiger partial charge in [0.05, 0.1) is 5.69 Å². The Bertz CT molecular complexity index is 974. The number of aromatic nitrogens is 3. The summed E-state index contributed by atoms with van der Waals surface area (Å²) in [5.41, 5.74) is 4.81. The fraction of sp³-hybridized carbons (Fsp3) is 0.458. The van der Waals surface area contributed by atoms with Crippen LogP contribution < -0.4 is 5.32 Å². The summed E-state index contributed by atoms with van der Waals surface area (Å²) in [6.07, 6.45) is 12.4. The Hall–Kier alpha value is -2.73. The van der Waals surface area contributed by atoms with Crippen LogP contribution in [0.1, 0.15) is 59.4 Å². The number of likely N-dealkylation sites (tertiary alicyclic amines) is 1. The molecule has 1 aliphatic rings. The lowest BCUT2D eigenvalue weighted by Crippen LogP contribution is -2.33. The third kappa shape index (κ3) is 4.87. The number of fused-ring (bicyclic) bond motifs is 1. The van der Waals surface area contributed by atoms with Crippen LogP contribution in [0.5, 0.6) is 0 Å². The Balaban J connectivity index is 1.47. The van der Waals surface area contributed by atoms with E-state index in [4.69, 9.17) is 4.98 Å². The van der Waals surface area contributed by atoms with Gasteiger partial charge < -0.3 is 14.6 Å². The van der Waals surface area contributed by atoms with Gasteiger partial charge in [-0.3, -0.25) is 9.78 Å². The number of pyridine rings is 2. The van der Waals surface area contributed by atoms with Crippen LogP contribution in [0.2, 0.25) is 0 Å². The van der Waals surface area contributed by atoms with Crippen LogP contribution in [0.4, 0.5) is 0 Å². The number of nitrogens with one attached hydrogen (secondary N) is 1. The van der Waals surface area contributed by atoms with Crippen molar-refractivity contribution in [2.75, 3.05) is 19.6 Å². The van der Waals surface area contributed by atoms with Gasteiger partial charge in [-0.15, -0.1) is 0 Å². The first-order valence-electron chi connectivity index (χ1n) is 11.1. The van der Waals surface area contributed by atoms with Crippen molar-refractivity contribution in [1.29, 1.82) is 0 Å². The largest absolute Gasteiger partial charge is 0.337 e. The molecule has 0 atom stereocenters. The molecule has 0 bridgehead atoms. The monoisotopic (exact) mass is 405 g/mol. The Labute approximate surface area is 178 Å². The molecule has 0 unspecified atom stereocenters. The first-order valence-corrected chi connectivity index (χ1v) is 11.1. The first-order chi connectivity index (χ1) is 14.7. The van der Waals surface area contributed by atoms with Gasteiger partial charge in [0.1, 0.15) is 5.65 Å². The van der Waals surface area contributed by atoms with Gasteiger partial charge in [-0.1, -0.05) is 18.9 Å². The van der Waals surface area contributed by atoms with Crippen LogP contribution in [0.3, 0.4) is 0 Å². The van der Waals surface area contributed by atoms with Crippen molar-refractivity contribution in [3.63, 3.8) is 0 Å². The highest BCUT2D eigenvalue weighted by molar-refractivity contribution is 5.94. The highest BCUT2D eigenvalue weighted by Crippen LogP contribution is 2.19. The van der Waals surface area contributed by atoms with Crippen molar-refractivity contribution in [2.24, 2.45) is 0 Å². The average Bonchev–Trinajstić information content (AvgIpc) is 2.92. The zero-order valence-corrected chi connectivity index (χ0v) is 17.8. The molecule has 0 saturated carbocycles. The molecule has 6 nitrogen and oxygen atoms in total. The number of hydrogen-bond acceptors (Lipinski definition) is 4. The van der Waals surface area contributed by atoms with E-state index in [0.717, 1.165) is 62.2 Å². The summed E-state index contributed by atoms with van der Waals surface area (Å²) in [5.74, 6) is 0.0745. The summed E-state index contributed by atoms with van der Waals surface area (Å²) in [6.45, 7) is 5.24. The van der Waals surface area contributed by atoms with Gasteiger partial charge in [-0.25, -0.2) is 4.98 Å². The van der Waals surface area contributed by atoms with E-state index in [1.165, 1.54) is 18.4 Å². The average molecular weight is 406 g/mol. The van der Waals surface area contributed by atoms with Crippen molar-refractivity contribution in [3.8, 4) is 0 Å². The molecular weight excluding hydrogens is 374 g/mol. The minimum absolute atomic E-state index is 0.0745. The number of rotatable bonds is 7. The molecule has 1 N–H and O–H groups in total. The number of imidazole rings is 1. The van der Waals surface area contributed by atoms with E-state index >= 15 is 0 Å². The number of carbonyl (C=O) groups is 1. The maximum atomic E-state index is 13.3. The van der Waals surface area contributed by atoms with Crippen LogP contribution in [0.15, 0.2) is 42.9 Å². The van der Waals surface area contributed by atoms with Crippen LogP contribution in [-0.4, -0.2) is 44.8 Å². The number of hydrogen-bond donors (Lipinski definition) is 1. The van der Waals surface area contributed by atoms with E-state index in [1.807, 2.05) is 29.4 Å². The van der Waals surface area contributed by atoms with Gasteiger partial charge in [0, 0.05) is 38.2 Å². The maximum Gasteiger partial charge on any atom is 0.274 e. The summed E-state index contributed by atoms with van der Waals surface area (Å²) in [5, 5.41) is 3.52. The van der Waals surface area contributed by atoms with Crippen LogP contribution >= 0.6 is 0 Å². The van der Waals surface area contributed by atoms with E-state index in [0.29, 0.717) is 12.2 Å². The molecule has 1 amide bonds. The third-order valence-corrected chi connectivity index (χ3v) is 5.81. The van der Waals surface area contributed by atoms with E-state index in [2.05, 4.69) is 33.8 Å². The second-order valence-electron chi connectivity index (χ2n) is 8.19. The highest BCUT2D eigenvalue weighted by Gasteiger charge is 2.24. The molecule has 1 fully saturated rings. The maximum absolute atomic E-state index is 13.3. The van der Waals surface area contributed by atoms with Crippen molar-refractivity contribution in [3.05, 3.63) is 65.4 Å². The van der Waals surface area contributed by atoms with E-state index < -0.39 is 0 Å². The number of carbonyl (C=O) groups excluding carboxylic acids is 1. The van der Waals surface area contributed by atoms with Crippen LogP contribution in [0, 0.1) is 6.92 Å². The molecule has 1 saturated heterocycles. The lowest BCUT2D eigenvalue weighted by atomic mass is 10.1. The normalized spacial score (nSPS) is 14.8. The zero-order valence-electron chi connectivity index (χ0n) is 17.8. The highest BCUT2D eigenvalue weighted by atomic mass is 16.2. The van der Waals surface area contributed by atoms with Gasteiger partial charge in [-0.2, -0.15) is 0 Å². The standard InChI is InChI=1S/C24H31N5O/c1-19-10-15-29-21(18-26-12-7-9-20-8-6-11-25-17-20)23(27-22(29)16-19)24(30)28-13-4-2-3-5-14-28/h6,8,10-11,15-17,26H,2-5,7,9,12-14,18H2,1H3. The first kappa shape index (κ1) is 20.5. The van der Waals surface area contributed by atoms with Crippen molar-refractivity contribution in [2.45, 2.75) is 52.0 Å². The molecule has 3 aromatic heterocycles. The minimum Gasteiger partial charge on any atom is -0.337 e. The van der Waals surface area contributed by atoms with Gasteiger partial charge in [0.2, 0.25) is 0 Å². The summed E-state index contributed by atoms with van der Waals surface area (Å²) < 4.78 is 2.06. The quantitative estimate of drug-likeness (QED) is 0.608. The van der Waals surface area contributed by atoms with E-state index in [1.54, 1.807) is 6.20 Å². The molecule has 3 aromatic rings. The van der Waals surface area contributed by atoms with Gasteiger partial charge >= 0.3 is 0 Å². The fourth-order valence-corrected chi connectivity index (χ4v) is 4.13. The second kappa shape index (κ2) is 9.85. The summed E-state index contributed by atoms with van der Waals surface area (Å²) in [4.78, 5) is 24.2. The molecule has 4 heterocycles. The molecular formula is C24H31N5O. The molecule has 0 aromatic carbocycles. The zero-order chi connectivity index (χ0) is 20.8. The van der Waals surface area contributed by atoms with Crippen molar-refractivity contribution in [1.82, 2.24) is 24.6 Å². The lowest BCUT2D eigenvalue weighted by Gasteiger charge is -2.20. The Kier molecular flexibility index (Phi) is 6.74. The molecule has 0 spiro atoms. The molecule has 0 aliphatic carbocycles. The molecule has 30 heavy (non-hydrogen) atoms. The molecule has 158 valence electrons. The van der Waals surface area contributed by atoms with Gasteiger partial charge in [-0.05, 0) is 68.5 Å². The third-order valence-electron chi connectivity index (χ3n) is 5.81. The fourth-order valence-electron chi connectivity index (χ4n) is 4.13. The summed E-state index contributed by atoms with van der Waals surface area (Å²) in [6, 6.07) is 8.20. The topological polar surface area (TPSA) is 62.5 Å². The Morgan fingerprint density at radius 2 is 2.00 bits per heavy atom. The molecule has 4 rings (SSSR count). The minimum atomic E-state index is 0.0745. The summed E-state index contributed by atoms with van der Waals surface area (Å²) in [7, 11) is 0. The second-order valence-corrected chi connectivity index (χ2v) is 8.19. The van der Waals surface area contributed by atoms with Crippen LogP contribution in [0.25, 0.3) is 5.65 Å². The van der Waals surface area contributed by atoms with Crippen molar-refractivity contribution >= 4 is 11.6 Å². The van der Waals surface area contributed by atoms with E-state index in [-0.39, 0.29) is 5.91 Å². The number of nitrogens with zero attached hydrogens (tertiary/aromatic N) is 4. The lowest BCUT2D eigenvalue weighted by molar-refractivity contribution is 0.0755. The predicted octanol–water partition coefficient (Wildman–Crippen LogP) is 3.78. The number of amides is 1. The van der Waals surface area contributed by atoms with Gasteiger partial charge in [0.25, 0.3) is 5.91 Å². The Morgan fingerprint density at radius 1 is 1.17 bits per heavy atom. The Morgan fingerprint density at radius 3 is 2.77 bits per heavy atom.